The number of nitrogens with one attached hydrogen (secondary N) is 1. The van der Waals surface area contributed by atoms with Gasteiger partial charge in [0.2, 0.25) is 10.0 Å². The first-order valence-electron chi connectivity index (χ1n) is 10.5. The van der Waals surface area contributed by atoms with Crippen molar-refractivity contribution in [2.45, 2.75) is 67.7 Å². The molecule has 30 heavy (non-hydrogen) atoms. The predicted molar refractivity (Wildman–Crippen MR) is 114 cm³/mol. The van der Waals surface area contributed by atoms with Crippen LogP contribution in [0.2, 0.25) is 0 Å². The van der Waals surface area contributed by atoms with Crippen molar-refractivity contribution in [2.75, 3.05) is 6.54 Å². The Balaban J connectivity index is 1.53. The first kappa shape index (κ1) is 21.4. The molecule has 6 nitrogen and oxygen atoms in total. The molecule has 1 aromatic heterocycles. The third kappa shape index (κ3) is 4.30. The second-order valence-electron chi connectivity index (χ2n) is 9.16. The highest BCUT2D eigenvalue weighted by Crippen LogP contribution is 2.50. The van der Waals surface area contributed by atoms with Crippen molar-refractivity contribution in [3.63, 3.8) is 0 Å². The van der Waals surface area contributed by atoms with E-state index in [0.29, 0.717) is 18.8 Å². The number of fused-ring (bicyclic) bond motifs is 2. The zero-order valence-electron chi connectivity index (χ0n) is 17.5. The summed E-state index contributed by atoms with van der Waals surface area (Å²) in [5.74, 6) is 0.0771. The Morgan fingerprint density at radius 3 is 2.63 bits per heavy atom. The predicted octanol–water partition coefficient (Wildman–Crippen LogP) is 3.24. The van der Waals surface area contributed by atoms with E-state index in [1.54, 1.807) is 6.07 Å². The Kier molecular flexibility index (Phi) is 5.74. The summed E-state index contributed by atoms with van der Waals surface area (Å²) in [7, 11) is -3.67. The number of benzene rings is 1. The van der Waals surface area contributed by atoms with Crippen LogP contribution in [0.15, 0.2) is 59.8 Å². The van der Waals surface area contributed by atoms with E-state index in [2.05, 4.69) is 28.8 Å². The van der Waals surface area contributed by atoms with E-state index in [9.17, 15) is 13.5 Å². The maximum Gasteiger partial charge on any atom is 0.242 e. The first-order chi connectivity index (χ1) is 14.2. The molecule has 2 aliphatic rings. The molecule has 0 saturated carbocycles. The zero-order chi connectivity index (χ0) is 21.4. The van der Waals surface area contributed by atoms with Crippen molar-refractivity contribution in [1.82, 2.24) is 9.71 Å². The van der Waals surface area contributed by atoms with Crippen LogP contribution in [0.1, 0.15) is 51.0 Å². The molecule has 2 N–H and O–H groups in total. The van der Waals surface area contributed by atoms with Crippen molar-refractivity contribution in [1.29, 1.82) is 0 Å². The first-order valence-corrected chi connectivity index (χ1v) is 12.0. The number of sulfonamides is 1. The number of ether oxygens (including phenoxy) is 1. The van der Waals surface area contributed by atoms with Crippen LogP contribution in [0.4, 0.5) is 0 Å². The molecule has 0 unspecified atom stereocenters. The molecule has 0 aliphatic carbocycles. The summed E-state index contributed by atoms with van der Waals surface area (Å²) >= 11 is 0. The standard InChI is InChI=1S/C23H30N2O4S/c1-22-11-10-18(15-25-30(27,28)20-9-6-12-24-16-20)21(26)23(2,29-22)14-19(13-22)17-7-4-3-5-8-17/h3-9,12,16,18-19,21,25-26H,10-11,13-15H2,1-2H3/t18-,19-,21-,22-,23-/m0/s1. The third-order valence-corrected chi connectivity index (χ3v) is 8.09. The number of aliphatic hydroxyl groups is 1. The molecule has 1 aromatic carbocycles. The quantitative estimate of drug-likeness (QED) is 0.760. The fourth-order valence-electron chi connectivity index (χ4n) is 5.19. The molecule has 2 saturated heterocycles. The summed E-state index contributed by atoms with van der Waals surface area (Å²) < 4.78 is 34.4. The Labute approximate surface area is 178 Å². The number of hydrogen-bond acceptors (Lipinski definition) is 5. The maximum atomic E-state index is 12.6. The lowest BCUT2D eigenvalue weighted by molar-refractivity contribution is -0.214. The molecular formula is C23H30N2O4S. The summed E-state index contributed by atoms with van der Waals surface area (Å²) in [4.78, 5) is 4.02. The molecule has 3 heterocycles. The van der Waals surface area contributed by atoms with E-state index in [-0.39, 0.29) is 23.0 Å². The van der Waals surface area contributed by atoms with Gasteiger partial charge in [-0.2, -0.15) is 0 Å². The second-order valence-corrected chi connectivity index (χ2v) is 10.9. The minimum atomic E-state index is -3.67. The van der Waals surface area contributed by atoms with Crippen molar-refractivity contribution in [3.8, 4) is 0 Å². The van der Waals surface area contributed by atoms with Gasteiger partial charge in [0.05, 0.1) is 17.3 Å². The van der Waals surface area contributed by atoms with E-state index in [1.165, 1.54) is 24.0 Å². The Bertz CT molecular complexity index is 969. The van der Waals surface area contributed by atoms with Gasteiger partial charge >= 0.3 is 0 Å². The van der Waals surface area contributed by atoms with Crippen molar-refractivity contribution >= 4 is 10.0 Å². The van der Waals surface area contributed by atoms with Gasteiger partial charge in [-0.25, -0.2) is 13.1 Å². The fourth-order valence-corrected chi connectivity index (χ4v) is 6.25. The molecule has 2 fully saturated rings. The van der Waals surface area contributed by atoms with Crippen LogP contribution in [0.3, 0.4) is 0 Å². The van der Waals surface area contributed by atoms with Gasteiger partial charge in [-0.05, 0) is 63.1 Å². The molecule has 5 atom stereocenters. The smallest absolute Gasteiger partial charge is 0.242 e. The van der Waals surface area contributed by atoms with Crippen molar-refractivity contribution in [3.05, 3.63) is 60.4 Å². The second kappa shape index (κ2) is 8.04. The average molecular weight is 431 g/mol. The largest absolute Gasteiger partial charge is 0.390 e. The van der Waals surface area contributed by atoms with Crippen molar-refractivity contribution in [2.24, 2.45) is 5.92 Å². The van der Waals surface area contributed by atoms with Crippen LogP contribution in [0, 0.1) is 5.92 Å². The van der Waals surface area contributed by atoms with Gasteiger partial charge in [0.25, 0.3) is 0 Å². The van der Waals surface area contributed by atoms with E-state index in [0.717, 1.165) is 12.8 Å². The number of pyridine rings is 1. The summed E-state index contributed by atoms with van der Waals surface area (Å²) in [6, 6.07) is 13.5. The molecule has 0 amide bonds. The Morgan fingerprint density at radius 2 is 1.93 bits per heavy atom. The van der Waals surface area contributed by atoms with Gasteiger partial charge in [-0.3, -0.25) is 4.98 Å². The zero-order valence-corrected chi connectivity index (χ0v) is 18.3. The molecule has 162 valence electrons. The number of hydrogen-bond donors (Lipinski definition) is 2. The van der Waals surface area contributed by atoms with E-state index >= 15 is 0 Å². The molecule has 7 heteroatoms. The van der Waals surface area contributed by atoms with Crippen LogP contribution in [-0.2, 0) is 14.8 Å². The monoisotopic (exact) mass is 430 g/mol. The number of rotatable bonds is 5. The van der Waals surface area contributed by atoms with Crippen LogP contribution in [-0.4, -0.2) is 42.4 Å². The highest BCUT2D eigenvalue weighted by atomic mass is 32.2. The highest BCUT2D eigenvalue weighted by molar-refractivity contribution is 7.89. The van der Waals surface area contributed by atoms with Crippen LogP contribution in [0.5, 0.6) is 0 Å². The van der Waals surface area contributed by atoms with Gasteiger partial charge in [0.1, 0.15) is 4.90 Å². The normalized spacial score (nSPS) is 34.3. The molecule has 2 bridgehead atoms. The molecule has 2 aliphatic heterocycles. The number of nitrogens with zero attached hydrogens (tertiary/aromatic N) is 1. The Morgan fingerprint density at radius 1 is 1.17 bits per heavy atom. The summed E-state index contributed by atoms with van der Waals surface area (Å²) in [6.45, 7) is 4.26. The summed E-state index contributed by atoms with van der Waals surface area (Å²) in [6.07, 6.45) is 5.19. The molecular weight excluding hydrogens is 400 g/mol. The lowest BCUT2D eigenvalue weighted by atomic mass is 9.74. The molecule has 2 aromatic rings. The highest BCUT2D eigenvalue weighted by Gasteiger charge is 2.52. The van der Waals surface area contributed by atoms with Crippen molar-refractivity contribution < 1.29 is 18.3 Å². The third-order valence-electron chi connectivity index (χ3n) is 6.68. The average Bonchev–Trinajstić information content (AvgIpc) is 2.80. The topological polar surface area (TPSA) is 88.5 Å². The van der Waals surface area contributed by atoms with Gasteiger partial charge in [-0.1, -0.05) is 30.3 Å². The minimum Gasteiger partial charge on any atom is -0.390 e. The van der Waals surface area contributed by atoms with Gasteiger partial charge < -0.3 is 9.84 Å². The maximum absolute atomic E-state index is 12.6. The summed E-state index contributed by atoms with van der Waals surface area (Å²) in [5.41, 5.74) is 0.195. The Hall–Kier alpha value is -1.80. The number of aromatic nitrogens is 1. The van der Waals surface area contributed by atoms with Crippen LogP contribution < -0.4 is 4.72 Å². The number of aliphatic hydroxyl groups excluding tert-OH is 1. The van der Waals surface area contributed by atoms with E-state index < -0.39 is 21.7 Å². The molecule has 0 radical (unpaired) electrons. The van der Waals surface area contributed by atoms with Gasteiger partial charge in [0, 0.05) is 24.9 Å². The van der Waals surface area contributed by atoms with E-state index in [4.69, 9.17) is 4.74 Å². The lowest BCUT2D eigenvalue weighted by Gasteiger charge is -2.49. The lowest BCUT2D eigenvalue weighted by Crippen LogP contribution is -2.54. The van der Waals surface area contributed by atoms with Gasteiger partial charge in [-0.15, -0.1) is 0 Å². The SMILES string of the molecule is C[C@]12CC[C@@H](CNS(=O)(=O)c3cccnc3)[C@H](O)[C@](C)(C[C@@H](c3ccccc3)C1)O2. The van der Waals surface area contributed by atoms with Crippen LogP contribution >= 0.6 is 0 Å². The molecule has 4 rings (SSSR count). The van der Waals surface area contributed by atoms with E-state index in [1.807, 2.05) is 25.1 Å². The fraction of sp³-hybridized carbons (Fsp3) is 0.522. The van der Waals surface area contributed by atoms with Crippen LogP contribution in [0.25, 0.3) is 0 Å². The minimum absolute atomic E-state index is 0.130. The van der Waals surface area contributed by atoms with Gasteiger partial charge in [0.15, 0.2) is 0 Å². The summed E-state index contributed by atoms with van der Waals surface area (Å²) in [5, 5.41) is 11.3. The molecule has 0 spiro atoms.